The van der Waals surface area contributed by atoms with Gasteiger partial charge in [-0.3, -0.25) is 4.79 Å². The van der Waals surface area contributed by atoms with Gasteiger partial charge in [-0.1, -0.05) is 25.1 Å². The Morgan fingerprint density at radius 3 is 2.50 bits per heavy atom. The van der Waals surface area contributed by atoms with Crippen molar-refractivity contribution < 1.29 is 22.7 Å². The number of rotatable bonds is 8. The van der Waals surface area contributed by atoms with E-state index in [-0.39, 0.29) is 39.3 Å². The molecule has 0 saturated carbocycles. The van der Waals surface area contributed by atoms with Crippen LogP contribution in [0.3, 0.4) is 0 Å². The Kier molecular flexibility index (Phi) is 6.90. The van der Waals surface area contributed by atoms with Crippen molar-refractivity contribution >= 4 is 21.6 Å². The summed E-state index contributed by atoms with van der Waals surface area (Å²) in [5.74, 6) is 0.614. The molecule has 1 atom stereocenters. The number of amides is 1. The molecule has 4 rings (SSSR count). The zero-order chi connectivity index (χ0) is 26.1. The Labute approximate surface area is 211 Å². The van der Waals surface area contributed by atoms with Gasteiger partial charge in [0.05, 0.1) is 12.0 Å². The maximum Gasteiger partial charge on any atom is 0.253 e. The molecule has 10 heteroatoms. The number of primary amides is 1. The number of carbonyl (C=O) groups is 1. The molecule has 2 aromatic heterocycles. The first-order chi connectivity index (χ1) is 17.0. The molecule has 0 aliphatic carbocycles. The zero-order valence-corrected chi connectivity index (χ0v) is 21.6. The van der Waals surface area contributed by atoms with E-state index in [1.165, 1.54) is 18.3 Å². The van der Waals surface area contributed by atoms with Crippen molar-refractivity contribution in [3.63, 3.8) is 0 Å². The van der Waals surface area contributed by atoms with E-state index < -0.39 is 15.7 Å². The second-order valence-corrected chi connectivity index (χ2v) is 11.4. The molecule has 1 saturated heterocycles. The monoisotopic (exact) mass is 510 g/mol. The standard InChI is InChI=1S/C26H30N4O5S/c1-17-14-26(2,3)30(15-17)25-23(24(27)31)20(12-13-28-25)36(32,33)22-7-5-6-21(29-22)35-16-18-8-10-19(34-4)11-9-18/h5-13,17H,14-16H2,1-4H3,(H2,27,31). The molecule has 9 nitrogen and oxygen atoms in total. The Balaban J connectivity index is 1.67. The number of methoxy groups -OCH3 is 1. The van der Waals surface area contributed by atoms with Gasteiger partial charge in [0, 0.05) is 24.3 Å². The Hall–Kier alpha value is -3.66. The van der Waals surface area contributed by atoms with Crippen LogP contribution in [0, 0.1) is 5.92 Å². The van der Waals surface area contributed by atoms with Crippen LogP contribution in [-0.4, -0.2) is 43.5 Å². The Bertz CT molecular complexity index is 1370. The second kappa shape index (κ2) is 9.77. The highest BCUT2D eigenvalue weighted by molar-refractivity contribution is 7.91. The summed E-state index contributed by atoms with van der Waals surface area (Å²) in [6.07, 6.45) is 2.26. The van der Waals surface area contributed by atoms with Gasteiger partial charge >= 0.3 is 0 Å². The number of ether oxygens (including phenoxy) is 2. The minimum atomic E-state index is -4.21. The number of nitrogens with two attached hydrogens (primary N) is 1. The lowest BCUT2D eigenvalue weighted by molar-refractivity contribution is 0.0997. The number of sulfone groups is 1. The third-order valence-corrected chi connectivity index (χ3v) is 7.97. The van der Waals surface area contributed by atoms with E-state index in [1.807, 2.05) is 43.0 Å². The Morgan fingerprint density at radius 1 is 1.17 bits per heavy atom. The minimum absolute atomic E-state index is 0.133. The maximum atomic E-state index is 13.7. The van der Waals surface area contributed by atoms with Crippen LogP contribution in [0.25, 0.3) is 0 Å². The molecule has 1 aromatic carbocycles. The predicted octanol–water partition coefficient (Wildman–Crippen LogP) is 3.62. The van der Waals surface area contributed by atoms with Crippen molar-refractivity contribution in [2.75, 3.05) is 18.6 Å². The van der Waals surface area contributed by atoms with Crippen LogP contribution in [0.1, 0.15) is 43.1 Å². The average Bonchev–Trinajstić information content (AvgIpc) is 3.14. The molecule has 3 heterocycles. The van der Waals surface area contributed by atoms with Gasteiger partial charge in [-0.2, -0.15) is 0 Å². The lowest BCUT2D eigenvalue weighted by Crippen LogP contribution is -2.40. The molecule has 36 heavy (non-hydrogen) atoms. The topological polar surface area (TPSA) is 125 Å². The fraction of sp³-hybridized carbons (Fsp3) is 0.346. The van der Waals surface area contributed by atoms with E-state index in [0.29, 0.717) is 12.5 Å². The van der Waals surface area contributed by atoms with Gasteiger partial charge in [-0.25, -0.2) is 18.4 Å². The predicted molar refractivity (Wildman–Crippen MR) is 135 cm³/mol. The molecular weight excluding hydrogens is 480 g/mol. The quantitative estimate of drug-likeness (QED) is 0.487. The van der Waals surface area contributed by atoms with Crippen molar-refractivity contribution in [3.05, 3.63) is 65.9 Å². The van der Waals surface area contributed by atoms with Crippen molar-refractivity contribution in [1.82, 2.24) is 9.97 Å². The van der Waals surface area contributed by atoms with Crippen molar-refractivity contribution in [2.24, 2.45) is 11.7 Å². The number of pyridine rings is 2. The molecule has 190 valence electrons. The van der Waals surface area contributed by atoms with Crippen LogP contribution >= 0.6 is 0 Å². The van der Waals surface area contributed by atoms with Gasteiger partial charge in [0.25, 0.3) is 5.91 Å². The van der Waals surface area contributed by atoms with Crippen LogP contribution in [-0.2, 0) is 16.4 Å². The normalized spacial score (nSPS) is 17.1. The molecule has 0 spiro atoms. The third kappa shape index (κ3) is 4.99. The average molecular weight is 511 g/mol. The van der Waals surface area contributed by atoms with Crippen LogP contribution < -0.4 is 20.1 Å². The van der Waals surface area contributed by atoms with Crippen LogP contribution in [0.4, 0.5) is 5.82 Å². The molecule has 1 aliphatic rings. The first-order valence-corrected chi connectivity index (χ1v) is 13.1. The summed E-state index contributed by atoms with van der Waals surface area (Å²) in [5.41, 5.74) is 6.14. The van der Waals surface area contributed by atoms with Crippen molar-refractivity contribution in [1.29, 1.82) is 0 Å². The van der Waals surface area contributed by atoms with Gasteiger partial charge in [-0.15, -0.1) is 0 Å². The molecule has 3 aromatic rings. The zero-order valence-electron chi connectivity index (χ0n) is 20.8. The molecule has 2 N–H and O–H groups in total. The number of nitrogens with zero attached hydrogens (tertiary/aromatic N) is 3. The smallest absolute Gasteiger partial charge is 0.253 e. The van der Waals surface area contributed by atoms with Crippen molar-refractivity contribution in [3.8, 4) is 11.6 Å². The van der Waals surface area contributed by atoms with E-state index >= 15 is 0 Å². The number of hydrogen-bond donors (Lipinski definition) is 1. The summed E-state index contributed by atoms with van der Waals surface area (Å²) in [5, 5.41) is -0.247. The second-order valence-electron chi connectivity index (χ2n) is 9.56. The van der Waals surface area contributed by atoms with Crippen molar-refractivity contribution in [2.45, 2.75) is 49.3 Å². The number of benzene rings is 1. The van der Waals surface area contributed by atoms with Gasteiger partial charge in [0.15, 0.2) is 5.03 Å². The van der Waals surface area contributed by atoms with E-state index in [1.54, 1.807) is 19.2 Å². The number of anilines is 1. The van der Waals surface area contributed by atoms with Gasteiger partial charge in [0.1, 0.15) is 23.7 Å². The van der Waals surface area contributed by atoms with E-state index in [9.17, 15) is 13.2 Å². The third-order valence-electron chi connectivity index (χ3n) is 6.28. The number of hydrogen-bond acceptors (Lipinski definition) is 8. The molecule has 0 radical (unpaired) electrons. The summed E-state index contributed by atoms with van der Waals surface area (Å²) in [7, 11) is -2.62. The van der Waals surface area contributed by atoms with Gasteiger partial charge < -0.3 is 20.1 Å². The van der Waals surface area contributed by atoms with Crippen LogP contribution in [0.15, 0.2) is 64.6 Å². The molecule has 0 bridgehead atoms. The van der Waals surface area contributed by atoms with Gasteiger partial charge in [-0.05, 0) is 56.0 Å². The highest BCUT2D eigenvalue weighted by Crippen LogP contribution is 2.39. The fourth-order valence-electron chi connectivity index (χ4n) is 4.67. The van der Waals surface area contributed by atoms with E-state index in [4.69, 9.17) is 15.2 Å². The first kappa shape index (κ1) is 25.4. The van der Waals surface area contributed by atoms with E-state index in [2.05, 4.69) is 16.9 Å². The summed E-state index contributed by atoms with van der Waals surface area (Å²) >= 11 is 0. The maximum absolute atomic E-state index is 13.7. The first-order valence-electron chi connectivity index (χ1n) is 11.6. The summed E-state index contributed by atoms with van der Waals surface area (Å²) in [4.78, 5) is 22.9. The highest BCUT2D eigenvalue weighted by Gasteiger charge is 2.40. The molecule has 1 fully saturated rings. The fourth-order valence-corrected chi connectivity index (χ4v) is 6.06. The number of aromatic nitrogens is 2. The largest absolute Gasteiger partial charge is 0.497 e. The lowest BCUT2D eigenvalue weighted by Gasteiger charge is -2.33. The summed E-state index contributed by atoms with van der Waals surface area (Å²) in [6.45, 7) is 7.00. The summed E-state index contributed by atoms with van der Waals surface area (Å²) < 4.78 is 38.2. The molecule has 1 amide bonds. The Morgan fingerprint density at radius 2 is 1.89 bits per heavy atom. The van der Waals surface area contributed by atoms with Gasteiger partial charge in [0.2, 0.25) is 15.7 Å². The van der Waals surface area contributed by atoms with E-state index in [0.717, 1.165) is 17.7 Å². The lowest BCUT2D eigenvalue weighted by atomic mass is 9.97. The summed E-state index contributed by atoms with van der Waals surface area (Å²) in [6, 6.07) is 13.1. The van der Waals surface area contributed by atoms with Crippen LogP contribution in [0.5, 0.6) is 11.6 Å². The number of carbonyl (C=O) groups excluding carboxylic acids is 1. The molecule has 1 unspecified atom stereocenters. The molecule has 1 aliphatic heterocycles. The highest BCUT2D eigenvalue weighted by atomic mass is 32.2. The molecular formula is C26H30N4O5S. The van der Waals surface area contributed by atoms with Crippen LogP contribution in [0.2, 0.25) is 0 Å². The minimum Gasteiger partial charge on any atom is -0.497 e. The SMILES string of the molecule is COc1ccc(COc2cccc(S(=O)(=O)c3ccnc(N4CC(C)CC4(C)C)c3C(N)=O)n2)cc1.